The average Bonchev–Trinajstić information content (AvgIpc) is 2.10. The highest BCUT2D eigenvalue weighted by atomic mass is 127. The number of amides is 1. The maximum atomic E-state index is 11.3. The zero-order valence-corrected chi connectivity index (χ0v) is 11.4. The number of nitrogens with two attached hydrogens (primary N) is 1. The summed E-state index contributed by atoms with van der Waals surface area (Å²) in [4.78, 5) is 11.3. The van der Waals surface area contributed by atoms with E-state index in [1.54, 1.807) is 0 Å². The molecule has 0 saturated heterocycles. The Bertz CT molecular complexity index is 344. The highest BCUT2D eigenvalue weighted by molar-refractivity contribution is 14.1. The number of benzene rings is 1. The van der Waals surface area contributed by atoms with Crippen molar-refractivity contribution in [1.29, 1.82) is 0 Å². The van der Waals surface area contributed by atoms with Gasteiger partial charge < -0.3 is 11.1 Å². The zero-order valence-electron chi connectivity index (χ0n) is 8.42. The Morgan fingerprint density at radius 1 is 1.53 bits per heavy atom. The first-order valence-corrected chi connectivity index (χ1v) is 5.47. The number of rotatable bonds is 3. The van der Waals surface area contributed by atoms with Crippen LogP contribution < -0.4 is 11.1 Å². The molecule has 84 valence electrons. The van der Waals surface area contributed by atoms with Crippen molar-refractivity contribution in [3.8, 4) is 0 Å². The van der Waals surface area contributed by atoms with Crippen LogP contribution in [0.15, 0.2) is 18.2 Å². The van der Waals surface area contributed by atoms with Crippen molar-refractivity contribution < 1.29 is 4.79 Å². The third kappa shape index (κ3) is 4.81. The van der Waals surface area contributed by atoms with Gasteiger partial charge in [0, 0.05) is 22.2 Å². The molecule has 0 fully saturated rings. The molecule has 3 nitrogen and oxygen atoms in total. The van der Waals surface area contributed by atoms with E-state index in [2.05, 4.69) is 27.9 Å². The number of nitrogens with one attached hydrogen (secondary N) is 1. The molecule has 0 spiro atoms. The lowest BCUT2D eigenvalue weighted by atomic mass is 10.2. The molecule has 1 amide bonds. The van der Waals surface area contributed by atoms with E-state index in [0.29, 0.717) is 13.0 Å². The van der Waals surface area contributed by atoms with Gasteiger partial charge in [-0.3, -0.25) is 4.79 Å². The Kier molecular flexibility index (Phi) is 6.87. The first-order valence-electron chi connectivity index (χ1n) is 4.39. The topological polar surface area (TPSA) is 55.1 Å². The van der Waals surface area contributed by atoms with Crippen LogP contribution in [0.1, 0.15) is 12.0 Å². The summed E-state index contributed by atoms with van der Waals surface area (Å²) in [5.74, 6) is -0.0307. The van der Waals surface area contributed by atoms with Crippen molar-refractivity contribution in [1.82, 2.24) is 0 Å². The number of hydrogen-bond acceptors (Lipinski definition) is 2. The molecular weight excluding hydrogens is 326 g/mol. The number of halogens is 2. The molecule has 1 aromatic carbocycles. The molecule has 1 aromatic rings. The molecule has 0 aliphatic carbocycles. The molecule has 0 unspecified atom stereocenters. The Hall–Kier alpha value is -0.330. The van der Waals surface area contributed by atoms with Gasteiger partial charge in [0.15, 0.2) is 0 Å². The fourth-order valence-corrected chi connectivity index (χ4v) is 1.76. The lowest BCUT2D eigenvalue weighted by Crippen LogP contribution is -2.16. The van der Waals surface area contributed by atoms with Crippen molar-refractivity contribution >= 4 is 46.6 Å². The predicted octanol–water partition coefficient (Wildman–Crippen LogP) is 2.31. The first kappa shape index (κ1) is 14.7. The minimum atomic E-state index is -0.0307. The maximum Gasteiger partial charge on any atom is 0.225 e. The van der Waals surface area contributed by atoms with Crippen LogP contribution >= 0.6 is 35.0 Å². The van der Waals surface area contributed by atoms with Gasteiger partial charge in [-0.1, -0.05) is 0 Å². The highest BCUT2D eigenvalue weighted by Crippen LogP contribution is 2.17. The van der Waals surface area contributed by atoms with Gasteiger partial charge in [0.25, 0.3) is 0 Å². The van der Waals surface area contributed by atoms with Gasteiger partial charge in [-0.25, -0.2) is 0 Å². The van der Waals surface area contributed by atoms with Crippen LogP contribution in [0, 0.1) is 10.5 Å². The molecule has 0 aliphatic heterocycles. The third-order valence-corrected chi connectivity index (χ3v) is 2.50. The maximum absolute atomic E-state index is 11.3. The summed E-state index contributed by atoms with van der Waals surface area (Å²) in [5, 5.41) is 2.82. The second kappa shape index (κ2) is 7.03. The van der Waals surface area contributed by atoms with Crippen molar-refractivity contribution in [2.24, 2.45) is 5.73 Å². The van der Waals surface area contributed by atoms with Crippen LogP contribution in [0.4, 0.5) is 5.69 Å². The van der Waals surface area contributed by atoms with E-state index in [-0.39, 0.29) is 18.3 Å². The van der Waals surface area contributed by atoms with Gasteiger partial charge >= 0.3 is 0 Å². The average molecular weight is 341 g/mol. The van der Waals surface area contributed by atoms with Crippen LogP contribution in [0.2, 0.25) is 0 Å². The normalized spacial score (nSPS) is 9.27. The summed E-state index contributed by atoms with van der Waals surface area (Å²) >= 11 is 2.24. The van der Waals surface area contributed by atoms with Crippen LogP contribution in [0.5, 0.6) is 0 Å². The molecular formula is C10H14ClIN2O. The number of carbonyl (C=O) groups excluding carboxylic acids is 1. The smallest absolute Gasteiger partial charge is 0.225 e. The van der Waals surface area contributed by atoms with Crippen molar-refractivity contribution in [3.05, 3.63) is 27.3 Å². The van der Waals surface area contributed by atoms with Crippen LogP contribution in [-0.2, 0) is 4.79 Å². The van der Waals surface area contributed by atoms with Gasteiger partial charge in [0.2, 0.25) is 5.91 Å². The van der Waals surface area contributed by atoms with Gasteiger partial charge in [0.05, 0.1) is 0 Å². The third-order valence-electron chi connectivity index (χ3n) is 1.83. The Balaban J connectivity index is 0.00000196. The van der Waals surface area contributed by atoms with Crippen molar-refractivity contribution in [3.63, 3.8) is 0 Å². The van der Waals surface area contributed by atoms with Gasteiger partial charge in [0.1, 0.15) is 0 Å². The molecule has 0 atom stereocenters. The summed E-state index contributed by atoms with van der Waals surface area (Å²) in [7, 11) is 0. The molecule has 0 heterocycles. The van der Waals surface area contributed by atoms with E-state index in [1.165, 1.54) is 0 Å². The number of aryl methyl sites for hydroxylation is 1. The quantitative estimate of drug-likeness (QED) is 0.830. The van der Waals surface area contributed by atoms with Gasteiger partial charge in [-0.15, -0.1) is 12.4 Å². The summed E-state index contributed by atoms with van der Waals surface area (Å²) < 4.78 is 1.16. The monoisotopic (exact) mass is 340 g/mol. The molecule has 5 heteroatoms. The van der Waals surface area contributed by atoms with E-state index in [4.69, 9.17) is 5.73 Å². The molecule has 0 saturated carbocycles. The number of anilines is 1. The SMILES string of the molecule is Cc1cc(I)ccc1NC(=O)CCN.Cl. The molecule has 15 heavy (non-hydrogen) atoms. The van der Waals surface area contributed by atoms with Crippen molar-refractivity contribution in [2.45, 2.75) is 13.3 Å². The predicted molar refractivity (Wildman–Crippen MR) is 73.4 cm³/mol. The van der Waals surface area contributed by atoms with Gasteiger partial charge in [-0.2, -0.15) is 0 Å². The van der Waals surface area contributed by atoms with Crippen LogP contribution in [-0.4, -0.2) is 12.5 Å². The van der Waals surface area contributed by atoms with Crippen molar-refractivity contribution in [2.75, 3.05) is 11.9 Å². The number of hydrogen-bond donors (Lipinski definition) is 2. The largest absolute Gasteiger partial charge is 0.330 e. The Morgan fingerprint density at radius 2 is 2.20 bits per heavy atom. The summed E-state index contributed by atoms with van der Waals surface area (Å²) in [5.41, 5.74) is 7.22. The first-order chi connectivity index (χ1) is 6.63. The summed E-state index contributed by atoms with van der Waals surface area (Å²) in [6.45, 7) is 2.36. The molecule has 1 rings (SSSR count). The fourth-order valence-electron chi connectivity index (χ4n) is 1.11. The molecule has 3 N–H and O–H groups in total. The zero-order chi connectivity index (χ0) is 10.6. The fraction of sp³-hybridized carbons (Fsp3) is 0.300. The van der Waals surface area contributed by atoms with E-state index in [1.807, 2.05) is 25.1 Å². The van der Waals surface area contributed by atoms with Gasteiger partial charge in [-0.05, 0) is 53.3 Å². The Labute approximate surface area is 109 Å². The summed E-state index contributed by atoms with van der Waals surface area (Å²) in [6.07, 6.45) is 0.366. The molecule has 0 bridgehead atoms. The lowest BCUT2D eigenvalue weighted by Gasteiger charge is -2.07. The molecule has 0 radical (unpaired) electrons. The molecule has 0 aliphatic rings. The second-order valence-corrected chi connectivity index (χ2v) is 4.29. The van der Waals surface area contributed by atoms with E-state index in [0.717, 1.165) is 14.8 Å². The highest BCUT2D eigenvalue weighted by Gasteiger charge is 2.03. The Morgan fingerprint density at radius 3 is 2.73 bits per heavy atom. The minimum Gasteiger partial charge on any atom is -0.330 e. The van der Waals surface area contributed by atoms with E-state index < -0.39 is 0 Å². The standard InChI is InChI=1S/C10H13IN2O.ClH/c1-7-6-8(11)2-3-9(7)13-10(14)4-5-12;/h2-3,6H,4-5,12H2,1H3,(H,13,14);1H. The second-order valence-electron chi connectivity index (χ2n) is 3.05. The summed E-state index contributed by atoms with van der Waals surface area (Å²) in [6, 6.07) is 5.90. The minimum absolute atomic E-state index is 0. The van der Waals surface area contributed by atoms with E-state index >= 15 is 0 Å². The lowest BCUT2D eigenvalue weighted by molar-refractivity contribution is -0.116. The van der Waals surface area contributed by atoms with Crippen LogP contribution in [0.25, 0.3) is 0 Å². The number of carbonyl (C=O) groups is 1. The molecule has 0 aromatic heterocycles. The van der Waals surface area contributed by atoms with E-state index in [9.17, 15) is 4.79 Å². The van der Waals surface area contributed by atoms with Crippen LogP contribution in [0.3, 0.4) is 0 Å².